The molecular weight excluding hydrogens is 314 g/mol. The molecule has 4 nitrogen and oxygen atoms in total. The van der Waals surface area contributed by atoms with Crippen LogP contribution in [0.5, 0.6) is 0 Å². The lowest BCUT2D eigenvalue weighted by Gasteiger charge is -2.36. The first kappa shape index (κ1) is 12.5. The highest BCUT2D eigenvalue weighted by Gasteiger charge is 2.37. The third-order valence-electron chi connectivity index (χ3n) is 2.61. The van der Waals surface area contributed by atoms with E-state index in [1.54, 1.807) is 6.07 Å². The molecule has 90 valence electrons. The zero-order valence-corrected chi connectivity index (χ0v) is 11.9. The van der Waals surface area contributed by atoms with Crippen LogP contribution in [0.1, 0.15) is 5.56 Å². The average Bonchev–Trinajstić information content (AvgIpc) is 2.45. The van der Waals surface area contributed by atoms with Gasteiger partial charge in [-0.2, -0.15) is 4.31 Å². The lowest BCUT2D eigenvalue weighted by molar-refractivity contribution is 0.117. The Bertz CT molecular complexity index is 471. The van der Waals surface area contributed by atoms with Crippen LogP contribution in [0.4, 0.5) is 0 Å². The molecule has 1 aromatic heterocycles. The third-order valence-corrected chi connectivity index (χ3v) is 7.03. The number of aliphatic hydroxyl groups is 1. The SMILES string of the molecule is Cc1cc(S(=O)(=O)N2CC(CO)C2)sc1Br. The van der Waals surface area contributed by atoms with E-state index in [4.69, 9.17) is 5.11 Å². The van der Waals surface area contributed by atoms with Gasteiger partial charge in [-0.15, -0.1) is 11.3 Å². The molecule has 1 fully saturated rings. The summed E-state index contributed by atoms with van der Waals surface area (Å²) in [7, 11) is -3.34. The van der Waals surface area contributed by atoms with Gasteiger partial charge < -0.3 is 5.11 Å². The van der Waals surface area contributed by atoms with Crippen LogP contribution in [0.3, 0.4) is 0 Å². The minimum atomic E-state index is -3.34. The van der Waals surface area contributed by atoms with Gasteiger partial charge in [0, 0.05) is 25.6 Å². The summed E-state index contributed by atoms with van der Waals surface area (Å²) in [6, 6.07) is 1.68. The van der Waals surface area contributed by atoms with Gasteiger partial charge >= 0.3 is 0 Å². The second kappa shape index (κ2) is 4.38. The second-order valence-corrected chi connectivity index (χ2v) is 8.43. The van der Waals surface area contributed by atoms with Gasteiger partial charge in [0.2, 0.25) is 0 Å². The summed E-state index contributed by atoms with van der Waals surface area (Å²) in [5, 5.41) is 8.86. The van der Waals surface area contributed by atoms with Crippen molar-refractivity contribution in [2.24, 2.45) is 5.92 Å². The average molecular weight is 326 g/mol. The van der Waals surface area contributed by atoms with Crippen LogP contribution in [0, 0.1) is 12.8 Å². The van der Waals surface area contributed by atoms with E-state index in [1.807, 2.05) is 6.92 Å². The molecule has 2 heterocycles. The van der Waals surface area contributed by atoms with E-state index in [0.717, 1.165) is 9.35 Å². The molecule has 0 amide bonds. The van der Waals surface area contributed by atoms with Gasteiger partial charge in [-0.1, -0.05) is 0 Å². The Hall–Kier alpha value is 0.0500. The molecule has 0 radical (unpaired) electrons. The van der Waals surface area contributed by atoms with Gasteiger partial charge in [-0.05, 0) is 34.5 Å². The maximum Gasteiger partial charge on any atom is 0.252 e. The van der Waals surface area contributed by atoms with Crippen molar-refractivity contribution in [2.75, 3.05) is 19.7 Å². The van der Waals surface area contributed by atoms with Crippen LogP contribution < -0.4 is 0 Å². The Morgan fingerprint density at radius 2 is 2.25 bits per heavy atom. The van der Waals surface area contributed by atoms with Crippen LogP contribution >= 0.6 is 27.3 Å². The summed E-state index contributed by atoms with van der Waals surface area (Å²) in [6.07, 6.45) is 0. The second-order valence-electron chi connectivity index (χ2n) is 3.89. The highest BCUT2D eigenvalue weighted by Crippen LogP contribution is 2.34. The standard InChI is InChI=1S/C9H12BrNO3S2/c1-6-2-8(15-9(6)10)16(13,14)11-3-7(4-11)5-12/h2,7,12H,3-5H2,1H3. The topological polar surface area (TPSA) is 57.6 Å². The van der Waals surface area contributed by atoms with Crippen molar-refractivity contribution in [1.82, 2.24) is 4.31 Å². The van der Waals surface area contributed by atoms with Crippen LogP contribution in [-0.4, -0.2) is 37.5 Å². The Balaban J connectivity index is 2.20. The lowest BCUT2D eigenvalue weighted by Crippen LogP contribution is -2.50. The molecule has 1 aliphatic rings. The number of rotatable bonds is 3. The fraction of sp³-hybridized carbons (Fsp3) is 0.556. The number of halogens is 1. The number of aryl methyl sites for hydroxylation is 1. The maximum atomic E-state index is 12.1. The van der Waals surface area contributed by atoms with Gasteiger partial charge in [0.25, 0.3) is 10.0 Å². The molecule has 0 aliphatic carbocycles. The van der Waals surface area contributed by atoms with Crippen molar-refractivity contribution in [1.29, 1.82) is 0 Å². The predicted molar refractivity (Wildman–Crippen MR) is 66.1 cm³/mol. The molecule has 0 unspecified atom stereocenters. The molecule has 0 bridgehead atoms. The Labute approximate surface area is 107 Å². The molecule has 1 aliphatic heterocycles. The summed E-state index contributed by atoms with van der Waals surface area (Å²) in [5.41, 5.74) is 0.933. The van der Waals surface area contributed by atoms with Gasteiger partial charge in [-0.3, -0.25) is 0 Å². The summed E-state index contributed by atoms with van der Waals surface area (Å²) < 4.78 is 26.8. The summed E-state index contributed by atoms with van der Waals surface area (Å²) >= 11 is 4.55. The Kier molecular flexibility index (Phi) is 3.42. The van der Waals surface area contributed by atoms with Crippen molar-refractivity contribution in [3.05, 3.63) is 15.4 Å². The molecule has 0 aromatic carbocycles. The van der Waals surface area contributed by atoms with Crippen LogP contribution in [0.2, 0.25) is 0 Å². The number of sulfonamides is 1. The van der Waals surface area contributed by atoms with Crippen LogP contribution in [0.15, 0.2) is 14.1 Å². The monoisotopic (exact) mass is 325 g/mol. The van der Waals surface area contributed by atoms with E-state index >= 15 is 0 Å². The van der Waals surface area contributed by atoms with E-state index in [2.05, 4.69) is 15.9 Å². The van der Waals surface area contributed by atoms with Crippen LogP contribution in [-0.2, 0) is 10.0 Å². The fourth-order valence-electron chi connectivity index (χ4n) is 1.52. The minimum Gasteiger partial charge on any atom is -0.396 e. The lowest BCUT2D eigenvalue weighted by atomic mass is 10.1. The van der Waals surface area contributed by atoms with Crippen molar-refractivity contribution < 1.29 is 13.5 Å². The molecule has 1 N–H and O–H groups in total. The number of nitrogens with zero attached hydrogens (tertiary/aromatic N) is 1. The predicted octanol–water partition coefficient (Wildman–Crippen LogP) is 1.43. The summed E-state index contributed by atoms with van der Waals surface area (Å²) in [4.78, 5) is 0. The molecule has 1 saturated heterocycles. The van der Waals surface area contributed by atoms with E-state index in [9.17, 15) is 8.42 Å². The van der Waals surface area contributed by atoms with Crippen molar-refractivity contribution >= 4 is 37.3 Å². The van der Waals surface area contributed by atoms with Crippen molar-refractivity contribution in [3.8, 4) is 0 Å². The van der Waals surface area contributed by atoms with Gasteiger partial charge in [0.1, 0.15) is 4.21 Å². The fourth-order valence-corrected chi connectivity index (χ4v) is 5.49. The van der Waals surface area contributed by atoms with E-state index < -0.39 is 10.0 Å². The van der Waals surface area contributed by atoms with E-state index in [-0.39, 0.29) is 12.5 Å². The number of thiophene rings is 1. The smallest absolute Gasteiger partial charge is 0.252 e. The molecular formula is C9H12BrNO3S2. The number of aliphatic hydroxyl groups excluding tert-OH is 1. The molecule has 0 atom stereocenters. The van der Waals surface area contributed by atoms with Crippen molar-refractivity contribution in [2.45, 2.75) is 11.1 Å². The number of hydrogen-bond donors (Lipinski definition) is 1. The zero-order chi connectivity index (χ0) is 11.9. The molecule has 0 spiro atoms. The molecule has 1 aromatic rings. The minimum absolute atomic E-state index is 0.0547. The van der Waals surface area contributed by atoms with Crippen LogP contribution in [0.25, 0.3) is 0 Å². The molecule has 0 saturated carbocycles. The first-order valence-electron chi connectivity index (χ1n) is 4.82. The molecule has 16 heavy (non-hydrogen) atoms. The highest BCUT2D eigenvalue weighted by molar-refractivity contribution is 9.11. The number of hydrogen-bond acceptors (Lipinski definition) is 4. The molecule has 7 heteroatoms. The first-order valence-corrected chi connectivity index (χ1v) is 7.87. The largest absolute Gasteiger partial charge is 0.396 e. The summed E-state index contributed by atoms with van der Waals surface area (Å²) in [5.74, 6) is 0.0966. The van der Waals surface area contributed by atoms with Gasteiger partial charge in [-0.25, -0.2) is 8.42 Å². The first-order chi connectivity index (χ1) is 7.45. The Morgan fingerprint density at radius 3 is 2.69 bits per heavy atom. The van der Waals surface area contributed by atoms with Gasteiger partial charge in [0.05, 0.1) is 3.79 Å². The zero-order valence-electron chi connectivity index (χ0n) is 8.68. The van der Waals surface area contributed by atoms with Crippen molar-refractivity contribution in [3.63, 3.8) is 0 Å². The highest BCUT2D eigenvalue weighted by atomic mass is 79.9. The van der Waals surface area contributed by atoms with E-state index in [0.29, 0.717) is 17.3 Å². The maximum absolute atomic E-state index is 12.1. The molecule has 2 rings (SSSR count). The summed E-state index contributed by atoms with van der Waals surface area (Å²) in [6.45, 7) is 2.77. The van der Waals surface area contributed by atoms with E-state index in [1.165, 1.54) is 15.6 Å². The third kappa shape index (κ3) is 2.06. The normalized spacial score (nSPS) is 18.7. The Morgan fingerprint density at radius 1 is 1.62 bits per heavy atom. The quantitative estimate of drug-likeness (QED) is 0.914. The van der Waals surface area contributed by atoms with Gasteiger partial charge in [0.15, 0.2) is 0 Å².